The second kappa shape index (κ2) is 8.26. The molecular weight excluding hydrogens is 276 g/mol. The molecule has 0 fully saturated rings. The molecule has 0 saturated heterocycles. The Balaban J connectivity index is 2.42. The molecule has 0 aromatic carbocycles. The van der Waals surface area contributed by atoms with Crippen LogP contribution in [0.4, 0.5) is 0 Å². The van der Waals surface area contributed by atoms with E-state index in [4.69, 9.17) is 4.74 Å². The summed E-state index contributed by atoms with van der Waals surface area (Å²) in [5, 5.41) is 12.0. The Labute approximate surface area is 124 Å². The lowest BCUT2D eigenvalue weighted by atomic mass is 9.96. The van der Waals surface area contributed by atoms with E-state index in [0.29, 0.717) is 0 Å². The van der Waals surface area contributed by atoms with Crippen LogP contribution in [0.5, 0.6) is 0 Å². The molecule has 0 spiro atoms. The first-order valence-electron chi connectivity index (χ1n) is 6.83. The van der Waals surface area contributed by atoms with Crippen LogP contribution in [0.25, 0.3) is 0 Å². The van der Waals surface area contributed by atoms with Gasteiger partial charge >= 0.3 is 5.97 Å². The van der Waals surface area contributed by atoms with Gasteiger partial charge < -0.3 is 14.6 Å². The summed E-state index contributed by atoms with van der Waals surface area (Å²) < 4.78 is 6.79. The highest BCUT2D eigenvalue weighted by Crippen LogP contribution is 2.20. The van der Waals surface area contributed by atoms with Gasteiger partial charge in [0.15, 0.2) is 5.16 Å². The fourth-order valence-corrected chi connectivity index (χ4v) is 2.71. The second-order valence-electron chi connectivity index (χ2n) is 4.93. The molecular formula is C13H24N4O2S. The van der Waals surface area contributed by atoms with E-state index in [9.17, 15) is 4.79 Å². The van der Waals surface area contributed by atoms with E-state index in [2.05, 4.69) is 22.4 Å². The summed E-state index contributed by atoms with van der Waals surface area (Å²) in [4.78, 5) is 11.9. The van der Waals surface area contributed by atoms with Crippen LogP contribution in [0.3, 0.4) is 0 Å². The molecule has 114 valence electrons. The molecule has 0 aliphatic heterocycles. The first-order chi connectivity index (χ1) is 9.53. The Hall–Kier alpha value is -1.08. The van der Waals surface area contributed by atoms with E-state index in [1.165, 1.54) is 7.11 Å². The van der Waals surface area contributed by atoms with Crippen molar-refractivity contribution >= 4 is 17.7 Å². The van der Waals surface area contributed by atoms with Gasteiger partial charge in [0.05, 0.1) is 7.11 Å². The van der Waals surface area contributed by atoms with Gasteiger partial charge in [0.25, 0.3) is 0 Å². The molecule has 0 aliphatic carbocycles. The monoisotopic (exact) mass is 300 g/mol. The zero-order valence-electron chi connectivity index (χ0n) is 12.7. The van der Waals surface area contributed by atoms with Crippen LogP contribution < -0.4 is 5.32 Å². The van der Waals surface area contributed by atoms with Crippen LogP contribution >= 0.6 is 11.8 Å². The smallest absolute Gasteiger partial charge is 0.325 e. The summed E-state index contributed by atoms with van der Waals surface area (Å²) in [5.41, 5.74) is -0.606. The van der Waals surface area contributed by atoms with Gasteiger partial charge in [-0.15, -0.1) is 10.2 Å². The third-order valence-electron chi connectivity index (χ3n) is 3.12. The summed E-state index contributed by atoms with van der Waals surface area (Å²) in [6.07, 6.45) is 4.31. The molecule has 0 aliphatic rings. The van der Waals surface area contributed by atoms with E-state index in [1.807, 2.05) is 18.5 Å². The van der Waals surface area contributed by atoms with Crippen molar-refractivity contribution < 1.29 is 9.53 Å². The number of aromatic nitrogens is 3. The van der Waals surface area contributed by atoms with Crippen molar-refractivity contribution in [1.29, 1.82) is 0 Å². The average molecular weight is 300 g/mol. The Morgan fingerprint density at radius 2 is 2.35 bits per heavy atom. The van der Waals surface area contributed by atoms with Crippen molar-refractivity contribution in [2.45, 2.75) is 43.8 Å². The van der Waals surface area contributed by atoms with Crippen molar-refractivity contribution in [3.05, 3.63) is 6.33 Å². The molecule has 0 bridgehead atoms. The summed E-state index contributed by atoms with van der Waals surface area (Å²) >= 11 is 1.65. The van der Waals surface area contributed by atoms with Crippen LogP contribution in [-0.2, 0) is 16.6 Å². The molecule has 1 atom stereocenters. The molecule has 20 heavy (non-hydrogen) atoms. The molecule has 6 nitrogen and oxygen atoms in total. The van der Waals surface area contributed by atoms with Crippen molar-refractivity contribution in [3.8, 4) is 0 Å². The Morgan fingerprint density at radius 3 is 2.90 bits per heavy atom. The summed E-state index contributed by atoms with van der Waals surface area (Å²) in [6.45, 7) is 4.79. The van der Waals surface area contributed by atoms with Gasteiger partial charge in [-0.2, -0.15) is 0 Å². The van der Waals surface area contributed by atoms with Crippen LogP contribution in [0.1, 0.15) is 33.1 Å². The number of ether oxygens (including phenoxy) is 1. The van der Waals surface area contributed by atoms with Crippen LogP contribution in [0, 0.1) is 0 Å². The molecule has 7 heteroatoms. The Kier molecular flexibility index (Phi) is 7.01. The van der Waals surface area contributed by atoms with E-state index in [-0.39, 0.29) is 5.97 Å². The molecule has 0 amide bonds. The Bertz CT molecular complexity index is 424. The summed E-state index contributed by atoms with van der Waals surface area (Å²) in [5.74, 6) is 0.696. The number of esters is 1. The number of aryl methyl sites for hydroxylation is 1. The number of thioether (sulfide) groups is 1. The van der Waals surface area contributed by atoms with Crippen molar-refractivity contribution in [2.75, 3.05) is 19.4 Å². The maximum Gasteiger partial charge on any atom is 0.325 e. The van der Waals surface area contributed by atoms with E-state index in [0.717, 1.165) is 36.7 Å². The van der Waals surface area contributed by atoms with Gasteiger partial charge in [0.2, 0.25) is 0 Å². The molecule has 0 radical (unpaired) electrons. The predicted octanol–water partition coefficient (Wildman–Crippen LogP) is 1.62. The first kappa shape index (κ1) is 17.0. The number of carbonyl (C=O) groups is 1. The average Bonchev–Trinajstić information content (AvgIpc) is 2.86. The fraction of sp³-hybridized carbons (Fsp3) is 0.769. The van der Waals surface area contributed by atoms with Gasteiger partial charge in [0.1, 0.15) is 11.9 Å². The van der Waals surface area contributed by atoms with Gasteiger partial charge in [0, 0.05) is 12.8 Å². The highest BCUT2D eigenvalue weighted by Gasteiger charge is 2.32. The predicted molar refractivity (Wildman–Crippen MR) is 79.7 cm³/mol. The number of rotatable bonds is 9. The number of carbonyl (C=O) groups excluding carboxylic acids is 1. The molecule has 1 rings (SSSR count). The quantitative estimate of drug-likeness (QED) is 0.424. The lowest BCUT2D eigenvalue weighted by Crippen LogP contribution is -2.50. The van der Waals surface area contributed by atoms with Gasteiger partial charge in [-0.1, -0.05) is 18.7 Å². The minimum absolute atomic E-state index is 0.199. The molecule has 1 unspecified atom stereocenters. The first-order valence-corrected chi connectivity index (χ1v) is 7.82. The zero-order chi connectivity index (χ0) is 15.0. The molecule has 1 N–H and O–H groups in total. The number of nitrogens with zero attached hydrogens (tertiary/aromatic N) is 3. The molecule has 1 aromatic heterocycles. The lowest BCUT2D eigenvalue weighted by molar-refractivity contribution is -0.148. The summed E-state index contributed by atoms with van der Waals surface area (Å²) in [7, 11) is 3.35. The van der Waals surface area contributed by atoms with Crippen LogP contribution in [0.15, 0.2) is 11.5 Å². The number of nitrogens with one attached hydrogen (secondary N) is 1. The van der Waals surface area contributed by atoms with Crippen LogP contribution in [-0.4, -0.2) is 45.7 Å². The number of hydrogen-bond donors (Lipinski definition) is 1. The molecule has 1 aromatic rings. The Morgan fingerprint density at radius 1 is 1.60 bits per heavy atom. The van der Waals surface area contributed by atoms with Crippen molar-refractivity contribution in [2.24, 2.45) is 7.05 Å². The second-order valence-corrected chi connectivity index (χ2v) is 5.99. The third-order valence-corrected chi connectivity index (χ3v) is 4.24. The van der Waals surface area contributed by atoms with E-state index >= 15 is 0 Å². The minimum atomic E-state index is -0.606. The lowest BCUT2D eigenvalue weighted by Gasteiger charge is -2.27. The largest absolute Gasteiger partial charge is 0.468 e. The van der Waals surface area contributed by atoms with Gasteiger partial charge in [-0.05, 0) is 32.7 Å². The third kappa shape index (κ3) is 4.79. The number of methoxy groups -OCH3 is 1. The fourth-order valence-electron chi connectivity index (χ4n) is 1.88. The summed E-state index contributed by atoms with van der Waals surface area (Å²) in [6, 6.07) is 0. The highest BCUT2D eigenvalue weighted by atomic mass is 32.2. The minimum Gasteiger partial charge on any atom is -0.468 e. The van der Waals surface area contributed by atoms with E-state index < -0.39 is 5.54 Å². The van der Waals surface area contributed by atoms with Crippen molar-refractivity contribution in [1.82, 2.24) is 20.1 Å². The molecule has 0 saturated carbocycles. The van der Waals surface area contributed by atoms with Gasteiger partial charge in [-0.3, -0.25) is 4.79 Å². The topological polar surface area (TPSA) is 69.0 Å². The van der Waals surface area contributed by atoms with Gasteiger partial charge in [-0.25, -0.2) is 0 Å². The highest BCUT2D eigenvalue weighted by molar-refractivity contribution is 7.99. The maximum atomic E-state index is 11.9. The SMILES string of the molecule is CCCNC(C)(CCCSc1nncn1C)C(=O)OC. The van der Waals surface area contributed by atoms with Crippen molar-refractivity contribution in [3.63, 3.8) is 0 Å². The van der Waals surface area contributed by atoms with E-state index in [1.54, 1.807) is 18.1 Å². The standard InChI is InChI=1S/C13H24N4O2S/c1-5-8-14-13(2,11(18)19-4)7-6-9-20-12-16-15-10-17(12)3/h10,14H,5-9H2,1-4H3. The zero-order valence-corrected chi connectivity index (χ0v) is 13.5. The van der Waals surface area contributed by atoms with Crippen LogP contribution in [0.2, 0.25) is 0 Å². The number of hydrogen-bond acceptors (Lipinski definition) is 6. The molecule has 1 heterocycles. The maximum absolute atomic E-state index is 11.9. The normalized spacial score (nSPS) is 14.0.